The molecular formula is C18H21N5O4S. The lowest BCUT2D eigenvalue weighted by Gasteiger charge is -2.07. The van der Waals surface area contributed by atoms with E-state index in [4.69, 9.17) is 15.6 Å². The average molecular weight is 403 g/mol. The monoisotopic (exact) mass is 403 g/mol. The summed E-state index contributed by atoms with van der Waals surface area (Å²) >= 11 is 1.37. The molecule has 0 amide bonds. The number of aliphatic hydroxyl groups is 1. The summed E-state index contributed by atoms with van der Waals surface area (Å²) in [6, 6.07) is 7.37. The van der Waals surface area contributed by atoms with Crippen LogP contribution in [0, 0.1) is 0 Å². The van der Waals surface area contributed by atoms with Gasteiger partial charge in [0.25, 0.3) is 0 Å². The van der Waals surface area contributed by atoms with Crippen LogP contribution in [0.3, 0.4) is 0 Å². The quantitative estimate of drug-likeness (QED) is 0.219. The molecule has 28 heavy (non-hydrogen) atoms. The third-order valence-electron chi connectivity index (χ3n) is 4.07. The van der Waals surface area contributed by atoms with Crippen molar-refractivity contribution in [2.75, 3.05) is 25.2 Å². The third-order valence-corrected chi connectivity index (χ3v) is 5.01. The van der Waals surface area contributed by atoms with Crippen LogP contribution in [0.15, 0.2) is 34.2 Å². The van der Waals surface area contributed by atoms with E-state index >= 15 is 0 Å². The Morgan fingerprint density at radius 2 is 2.14 bits per heavy atom. The number of fused-ring (bicyclic) bond motifs is 1. The first-order valence-electron chi connectivity index (χ1n) is 8.66. The van der Waals surface area contributed by atoms with Crippen LogP contribution in [0.5, 0.6) is 0 Å². The molecule has 2 aromatic heterocycles. The minimum absolute atomic E-state index is 0.0848. The summed E-state index contributed by atoms with van der Waals surface area (Å²) in [4.78, 5) is 35.3. The number of nitrogen functional groups attached to an aromatic ring is 1. The topological polar surface area (TPSA) is 136 Å². The molecule has 0 saturated heterocycles. The largest absolute Gasteiger partial charge is 0.469 e. The standard InChI is InChI=1S/C18H21N5O4S/c1-27-13(25)9-11-4-2-5-12(8-11)10-23-16-14(20-18(23)26)15(19)21-17(22-16)28-7-3-6-24/h2,4-5,8,24H,3,6-7,9-10H2,1H3,(H,20,26)(H2,19,21,22). The Kier molecular flexibility index (Phi) is 6.32. The molecule has 9 nitrogen and oxygen atoms in total. The number of nitrogens with two attached hydrogens (primary N) is 1. The minimum Gasteiger partial charge on any atom is -0.469 e. The summed E-state index contributed by atoms with van der Waals surface area (Å²) in [5.41, 5.74) is 8.09. The number of aliphatic hydroxyl groups excluding tert-OH is 1. The first kappa shape index (κ1) is 19.9. The molecule has 2 heterocycles. The molecule has 0 atom stereocenters. The molecule has 4 N–H and O–H groups in total. The second-order valence-electron chi connectivity index (χ2n) is 6.10. The lowest BCUT2D eigenvalue weighted by Crippen LogP contribution is -2.18. The van der Waals surface area contributed by atoms with E-state index in [-0.39, 0.29) is 37.0 Å². The van der Waals surface area contributed by atoms with Crippen LogP contribution < -0.4 is 11.4 Å². The number of ether oxygens (including phenoxy) is 1. The summed E-state index contributed by atoms with van der Waals surface area (Å²) in [5, 5.41) is 9.37. The van der Waals surface area contributed by atoms with Gasteiger partial charge in [0.15, 0.2) is 16.6 Å². The van der Waals surface area contributed by atoms with Crippen molar-refractivity contribution in [2.45, 2.75) is 24.5 Å². The summed E-state index contributed by atoms with van der Waals surface area (Å²) in [6.45, 7) is 0.354. The van der Waals surface area contributed by atoms with Crippen LogP contribution >= 0.6 is 11.8 Å². The van der Waals surface area contributed by atoms with E-state index in [1.165, 1.54) is 23.4 Å². The van der Waals surface area contributed by atoms with Crippen molar-refractivity contribution in [2.24, 2.45) is 0 Å². The fraction of sp³-hybridized carbons (Fsp3) is 0.333. The van der Waals surface area contributed by atoms with E-state index in [2.05, 4.69) is 15.0 Å². The van der Waals surface area contributed by atoms with Crippen molar-refractivity contribution in [3.05, 3.63) is 45.9 Å². The number of H-pyrrole nitrogens is 1. The minimum atomic E-state index is -0.341. The number of aromatic nitrogens is 4. The summed E-state index contributed by atoms with van der Waals surface area (Å²) in [5.74, 6) is 0.518. The van der Waals surface area contributed by atoms with Crippen LogP contribution in [0.1, 0.15) is 17.5 Å². The van der Waals surface area contributed by atoms with E-state index in [0.717, 1.165) is 11.1 Å². The van der Waals surface area contributed by atoms with Crippen molar-refractivity contribution < 1.29 is 14.6 Å². The van der Waals surface area contributed by atoms with Crippen molar-refractivity contribution in [3.63, 3.8) is 0 Å². The van der Waals surface area contributed by atoms with Gasteiger partial charge in [-0.2, -0.15) is 0 Å². The zero-order valence-electron chi connectivity index (χ0n) is 15.3. The van der Waals surface area contributed by atoms with Gasteiger partial charge < -0.3 is 20.6 Å². The number of nitrogens with zero attached hydrogens (tertiary/aromatic N) is 3. The molecule has 148 valence electrons. The number of aromatic amines is 1. The van der Waals surface area contributed by atoms with Gasteiger partial charge in [-0.15, -0.1) is 0 Å². The van der Waals surface area contributed by atoms with Crippen LogP contribution in [-0.2, 0) is 22.5 Å². The van der Waals surface area contributed by atoms with E-state index in [0.29, 0.717) is 28.5 Å². The molecule has 10 heteroatoms. The molecule has 0 aliphatic heterocycles. The van der Waals surface area contributed by atoms with Gasteiger partial charge in [0.05, 0.1) is 20.1 Å². The van der Waals surface area contributed by atoms with Gasteiger partial charge in [-0.05, 0) is 17.5 Å². The normalized spacial score (nSPS) is 11.1. The Hall–Kier alpha value is -2.85. The van der Waals surface area contributed by atoms with Crippen LogP contribution in [0.4, 0.5) is 5.82 Å². The maximum atomic E-state index is 12.4. The Morgan fingerprint density at radius 1 is 1.36 bits per heavy atom. The van der Waals surface area contributed by atoms with E-state index < -0.39 is 0 Å². The van der Waals surface area contributed by atoms with Crippen molar-refractivity contribution in [1.82, 2.24) is 19.5 Å². The number of anilines is 1. The molecule has 0 fully saturated rings. The van der Waals surface area contributed by atoms with Crippen molar-refractivity contribution in [1.29, 1.82) is 0 Å². The predicted octanol–water partition coefficient (Wildman–Crippen LogP) is 0.940. The number of thioether (sulfide) groups is 1. The highest BCUT2D eigenvalue weighted by Gasteiger charge is 2.15. The molecule has 1 aromatic carbocycles. The number of carbonyl (C=O) groups excluding carboxylic acids is 1. The number of carbonyl (C=O) groups is 1. The highest BCUT2D eigenvalue weighted by atomic mass is 32.2. The zero-order chi connectivity index (χ0) is 20.1. The van der Waals surface area contributed by atoms with Crippen LogP contribution in [0.25, 0.3) is 11.2 Å². The van der Waals surface area contributed by atoms with Gasteiger partial charge in [0.2, 0.25) is 0 Å². The maximum Gasteiger partial charge on any atom is 0.328 e. The average Bonchev–Trinajstić information content (AvgIpc) is 2.98. The van der Waals surface area contributed by atoms with E-state index in [1.54, 1.807) is 0 Å². The van der Waals surface area contributed by atoms with Gasteiger partial charge in [-0.25, -0.2) is 14.8 Å². The van der Waals surface area contributed by atoms with Gasteiger partial charge in [-0.1, -0.05) is 36.0 Å². The first-order valence-corrected chi connectivity index (χ1v) is 9.64. The SMILES string of the molecule is COC(=O)Cc1cccc(Cn2c(=O)[nH]c3c(N)nc(SCCCO)nc32)c1. The molecule has 0 radical (unpaired) electrons. The molecule has 0 unspecified atom stereocenters. The second kappa shape index (κ2) is 8.89. The molecule has 0 aliphatic rings. The molecule has 0 saturated carbocycles. The number of nitrogens with one attached hydrogen (secondary N) is 1. The maximum absolute atomic E-state index is 12.4. The summed E-state index contributed by atoms with van der Waals surface area (Å²) in [6.07, 6.45) is 0.771. The lowest BCUT2D eigenvalue weighted by atomic mass is 10.1. The molecule has 3 rings (SSSR count). The molecule has 0 bridgehead atoms. The van der Waals surface area contributed by atoms with E-state index in [1.807, 2.05) is 24.3 Å². The molecular weight excluding hydrogens is 382 g/mol. The number of esters is 1. The predicted molar refractivity (Wildman–Crippen MR) is 106 cm³/mol. The van der Waals surface area contributed by atoms with Crippen molar-refractivity contribution in [3.8, 4) is 0 Å². The number of imidazole rings is 1. The fourth-order valence-electron chi connectivity index (χ4n) is 2.73. The van der Waals surface area contributed by atoms with Gasteiger partial charge in [-0.3, -0.25) is 9.36 Å². The Bertz CT molecular complexity index is 1050. The van der Waals surface area contributed by atoms with Crippen LogP contribution in [0.2, 0.25) is 0 Å². The van der Waals surface area contributed by atoms with Crippen LogP contribution in [-0.4, -0.2) is 50.1 Å². The first-order chi connectivity index (χ1) is 13.5. The lowest BCUT2D eigenvalue weighted by molar-refractivity contribution is -0.139. The number of rotatable bonds is 8. The molecule has 0 spiro atoms. The van der Waals surface area contributed by atoms with Gasteiger partial charge >= 0.3 is 11.7 Å². The highest BCUT2D eigenvalue weighted by molar-refractivity contribution is 7.99. The highest BCUT2D eigenvalue weighted by Crippen LogP contribution is 2.21. The third kappa shape index (κ3) is 4.52. The summed E-state index contributed by atoms with van der Waals surface area (Å²) in [7, 11) is 1.35. The number of hydrogen-bond acceptors (Lipinski definition) is 8. The van der Waals surface area contributed by atoms with E-state index in [9.17, 15) is 9.59 Å². The molecule has 3 aromatic rings. The molecule has 0 aliphatic carbocycles. The number of methoxy groups -OCH3 is 1. The fourth-order valence-corrected chi connectivity index (χ4v) is 3.50. The van der Waals surface area contributed by atoms with Crippen molar-refractivity contribution >= 4 is 34.7 Å². The Balaban J connectivity index is 1.92. The zero-order valence-corrected chi connectivity index (χ0v) is 16.2. The van der Waals surface area contributed by atoms with Gasteiger partial charge in [0, 0.05) is 12.4 Å². The number of hydrogen-bond donors (Lipinski definition) is 3. The van der Waals surface area contributed by atoms with Gasteiger partial charge in [0.1, 0.15) is 5.52 Å². The number of benzene rings is 1. The Labute approximate surface area is 164 Å². The summed E-state index contributed by atoms with van der Waals surface area (Å²) < 4.78 is 6.18. The Morgan fingerprint density at radius 3 is 2.89 bits per heavy atom. The smallest absolute Gasteiger partial charge is 0.328 e. The second-order valence-corrected chi connectivity index (χ2v) is 7.17.